The maximum absolute atomic E-state index is 6.24. The summed E-state index contributed by atoms with van der Waals surface area (Å²) >= 11 is 6.24. The van der Waals surface area contributed by atoms with Gasteiger partial charge in [-0.25, -0.2) is 0 Å². The monoisotopic (exact) mass is 290 g/mol. The minimum atomic E-state index is 0.625. The molecule has 0 spiro atoms. The van der Waals surface area contributed by atoms with Crippen molar-refractivity contribution in [2.75, 3.05) is 19.0 Å². The molecule has 0 atom stereocenters. The zero-order valence-corrected chi connectivity index (χ0v) is 12.6. The molecule has 106 valence electrons. The van der Waals surface area contributed by atoms with E-state index in [9.17, 15) is 0 Å². The van der Waals surface area contributed by atoms with Crippen LogP contribution < -0.4 is 10.1 Å². The molecular formula is C16H19ClN2O. The molecule has 20 heavy (non-hydrogen) atoms. The molecule has 3 nitrogen and oxygen atoms in total. The molecule has 1 fully saturated rings. The Kier molecular flexibility index (Phi) is 3.70. The molecule has 1 heterocycles. The van der Waals surface area contributed by atoms with Gasteiger partial charge in [-0.15, -0.1) is 0 Å². The number of fused-ring (bicyclic) bond motifs is 1. The number of hydrogen-bond donors (Lipinski definition) is 1. The number of benzene rings is 1. The number of pyridine rings is 1. The molecule has 1 aliphatic carbocycles. The number of aromatic nitrogens is 1. The van der Waals surface area contributed by atoms with Crippen LogP contribution in [0.25, 0.3) is 10.9 Å². The summed E-state index contributed by atoms with van der Waals surface area (Å²) in [4.78, 5) is 4.78. The van der Waals surface area contributed by atoms with Crippen LogP contribution in [-0.4, -0.2) is 18.6 Å². The van der Waals surface area contributed by atoms with Crippen LogP contribution in [-0.2, 0) is 0 Å². The minimum Gasteiger partial charge on any atom is -0.495 e. The maximum atomic E-state index is 6.24. The molecular weight excluding hydrogens is 272 g/mol. The standard InChI is InChI=1S/C16H19ClN2O/c1-3-6-18-14-8-13(10-4-5-10)19-15-9-16(20-2)12(17)7-11(14)15/h7-10H,3-6H2,1-2H3,(H,18,19). The first kappa shape index (κ1) is 13.5. The van der Waals surface area contributed by atoms with Crippen LogP contribution in [0.3, 0.4) is 0 Å². The van der Waals surface area contributed by atoms with Gasteiger partial charge in [0.2, 0.25) is 0 Å². The van der Waals surface area contributed by atoms with Gasteiger partial charge in [-0.1, -0.05) is 18.5 Å². The quantitative estimate of drug-likeness (QED) is 0.874. The zero-order chi connectivity index (χ0) is 14.1. The fourth-order valence-electron chi connectivity index (χ4n) is 2.40. The number of halogens is 1. The lowest BCUT2D eigenvalue weighted by Crippen LogP contribution is -2.02. The third-order valence-electron chi connectivity index (χ3n) is 3.66. The van der Waals surface area contributed by atoms with Crippen LogP contribution in [0.2, 0.25) is 5.02 Å². The fourth-order valence-corrected chi connectivity index (χ4v) is 2.64. The van der Waals surface area contributed by atoms with Gasteiger partial charge in [0, 0.05) is 35.3 Å². The van der Waals surface area contributed by atoms with Gasteiger partial charge < -0.3 is 10.1 Å². The van der Waals surface area contributed by atoms with Crippen LogP contribution in [0.1, 0.15) is 37.8 Å². The topological polar surface area (TPSA) is 34.2 Å². The lowest BCUT2D eigenvalue weighted by molar-refractivity contribution is 0.415. The Labute approximate surface area is 124 Å². The second-order valence-electron chi connectivity index (χ2n) is 5.30. The molecule has 2 aromatic rings. The Balaban J connectivity index is 2.14. The molecule has 0 saturated heterocycles. The molecule has 1 N–H and O–H groups in total. The molecule has 1 aromatic carbocycles. The summed E-state index contributed by atoms with van der Waals surface area (Å²) in [6, 6.07) is 6.05. The number of anilines is 1. The van der Waals surface area contributed by atoms with Crippen molar-refractivity contribution in [2.45, 2.75) is 32.1 Å². The summed E-state index contributed by atoms with van der Waals surface area (Å²) < 4.78 is 5.30. The largest absolute Gasteiger partial charge is 0.495 e. The third-order valence-corrected chi connectivity index (χ3v) is 3.96. The average Bonchev–Trinajstić information content (AvgIpc) is 3.28. The van der Waals surface area contributed by atoms with Crippen LogP contribution in [0.4, 0.5) is 5.69 Å². The molecule has 1 aromatic heterocycles. The second kappa shape index (κ2) is 5.49. The van der Waals surface area contributed by atoms with Crippen molar-refractivity contribution in [3.05, 3.63) is 28.9 Å². The molecule has 0 aliphatic heterocycles. The fraction of sp³-hybridized carbons (Fsp3) is 0.438. The van der Waals surface area contributed by atoms with Crippen molar-refractivity contribution in [2.24, 2.45) is 0 Å². The molecule has 1 saturated carbocycles. The maximum Gasteiger partial charge on any atom is 0.139 e. The lowest BCUT2D eigenvalue weighted by atomic mass is 10.1. The smallest absolute Gasteiger partial charge is 0.139 e. The Bertz CT molecular complexity index is 638. The zero-order valence-electron chi connectivity index (χ0n) is 11.9. The van der Waals surface area contributed by atoms with Crippen LogP contribution >= 0.6 is 11.6 Å². The van der Waals surface area contributed by atoms with E-state index < -0.39 is 0 Å². The number of nitrogens with one attached hydrogen (secondary N) is 1. The van der Waals surface area contributed by atoms with E-state index >= 15 is 0 Å². The highest BCUT2D eigenvalue weighted by atomic mass is 35.5. The predicted molar refractivity (Wildman–Crippen MR) is 84.1 cm³/mol. The van der Waals surface area contributed by atoms with E-state index in [-0.39, 0.29) is 0 Å². The average molecular weight is 291 g/mol. The summed E-state index contributed by atoms with van der Waals surface area (Å²) in [5.41, 5.74) is 3.26. The van der Waals surface area contributed by atoms with Crippen molar-refractivity contribution in [3.63, 3.8) is 0 Å². The molecule has 0 amide bonds. The van der Waals surface area contributed by atoms with Crippen LogP contribution in [0, 0.1) is 0 Å². The second-order valence-corrected chi connectivity index (χ2v) is 5.71. The first-order valence-corrected chi connectivity index (χ1v) is 7.52. The number of rotatable bonds is 5. The van der Waals surface area contributed by atoms with Gasteiger partial charge in [0.25, 0.3) is 0 Å². The van der Waals surface area contributed by atoms with Gasteiger partial charge in [-0.3, -0.25) is 4.98 Å². The van der Waals surface area contributed by atoms with Gasteiger partial charge in [0.1, 0.15) is 5.75 Å². The number of methoxy groups -OCH3 is 1. The summed E-state index contributed by atoms with van der Waals surface area (Å²) in [5.74, 6) is 1.31. The third kappa shape index (κ3) is 2.55. The highest BCUT2D eigenvalue weighted by Gasteiger charge is 2.26. The molecule has 0 bridgehead atoms. The Morgan fingerprint density at radius 1 is 1.35 bits per heavy atom. The molecule has 4 heteroatoms. The van der Waals surface area contributed by atoms with E-state index in [4.69, 9.17) is 21.3 Å². The van der Waals surface area contributed by atoms with Crippen LogP contribution in [0.5, 0.6) is 5.75 Å². The van der Waals surface area contributed by atoms with Crippen molar-refractivity contribution >= 4 is 28.2 Å². The predicted octanol–water partition coefficient (Wildman–Crippen LogP) is 4.60. The van der Waals surface area contributed by atoms with E-state index in [0.717, 1.165) is 29.6 Å². The van der Waals surface area contributed by atoms with Gasteiger partial charge in [-0.05, 0) is 31.4 Å². The molecule has 0 unspecified atom stereocenters. The summed E-state index contributed by atoms with van der Waals surface area (Å²) in [6.07, 6.45) is 3.58. The summed E-state index contributed by atoms with van der Waals surface area (Å²) in [6.45, 7) is 3.11. The molecule has 3 rings (SSSR count). The van der Waals surface area contributed by atoms with E-state index in [2.05, 4.69) is 18.3 Å². The first-order valence-electron chi connectivity index (χ1n) is 7.15. The SMILES string of the molecule is CCCNc1cc(C2CC2)nc2cc(OC)c(Cl)cc12. The van der Waals surface area contributed by atoms with E-state index in [0.29, 0.717) is 16.7 Å². The van der Waals surface area contributed by atoms with Gasteiger partial charge in [-0.2, -0.15) is 0 Å². The Morgan fingerprint density at radius 3 is 2.80 bits per heavy atom. The summed E-state index contributed by atoms with van der Waals surface area (Å²) in [5, 5.41) is 5.17. The van der Waals surface area contributed by atoms with Crippen molar-refractivity contribution in [1.29, 1.82) is 0 Å². The molecule has 1 aliphatic rings. The van der Waals surface area contributed by atoms with E-state index in [1.165, 1.54) is 18.5 Å². The van der Waals surface area contributed by atoms with E-state index in [1.807, 2.05) is 12.1 Å². The highest BCUT2D eigenvalue weighted by molar-refractivity contribution is 6.33. The van der Waals surface area contributed by atoms with Crippen molar-refractivity contribution in [1.82, 2.24) is 4.98 Å². The first-order chi connectivity index (χ1) is 9.72. The minimum absolute atomic E-state index is 0.625. The summed E-state index contributed by atoms with van der Waals surface area (Å²) in [7, 11) is 1.63. The van der Waals surface area contributed by atoms with Gasteiger partial charge in [0.05, 0.1) is 17.6 Å². The highest BCUT2D eigenvalue weighted by Crippen LogP contribution is 2.42. The lowest BCUT2D eigenvalue weighted by Gasteiger charge is -2.13. The Hall–Kier alpha value is -1.48. The van der Waals surface area contributed by atoms with Crippen molar-refractivity contribution < 1.29 is 4.74 Å². The van der Waals surface area contributed by atoms with Gasteiger partial charge >= 0.3 is 0 Å². The Morgan fingerprint density at radius 2 is 2.15 bits per heavy atom. The van der Waals surface area contributed by atoms with E-state index in [1.54, 1.807) is 7.11 Å². The molecule has 0 radical (unpaired) electrons. The van der Waals surface area contributed by atoms with Gasteiger partial charge in [0.15, 0.2) is 0 Å². The number of nitrogens with zero attached hydrogens (tertiary/aromatic N) is 1. The number of hydrogen-bond acceptors (Lipinski definition) is 3. The van der Waals surface area contributed by atoms with Crippen molar-refractivity contribution in [3.8, 4) is 5.75 Å². The number of ether oxygens (including phenoxy) is 1. The van der Waals surface area contributed by atoms with Crippen LogP contribution in [0.15, 0.2) is 18.2 Å². The normalized spacial score (nSPS) is 14.6.